The molecule has 0 aliphatic carbocycles. The van der Waals surface area contributed by atoms with Gasteiger partial charge in [-0.05, 0) is 52.2 Å². The molecule has 0 radical (unpaired) electrons. The van der Waals surface area contributed by atoms with Gasteiger partial charge in [0.05, 0.1) is 0 Å². The summed E-state index contributed by atoms with van der Waals surface area (Å²) in [4.78, 5) is 27.2. The van der Waals surface area contributed by atoms with Crippen LogP contribution in [-0.2, 0) is 9.53 Å². The molecule has 1 aliphatic rings. The number of hydrogen-bond acceptors (Lipinski definition) is 4. The number of nitrogens with zero attached hydrogens (tertiary/aromatic N) is 1. The maximum atomic E-state index is 12.5. The van der Waals surface area contributed by atoms with E-state index in [0.717, 1.165) is 10.5 Å². The van der Waals surface area contributed by atoms with Gasteiger partial charge in [-0.25, -0.2) is 4.79 Å². The lowest BCUT2D eigenvalue weighted by molar-refractivity contribution is -0.115. The van der Waals surface area contributed by atoms with Gasteiger partial charge in [-0.3, -0.25) is 4.79 Å². The van der Waals surface area contributed by atoms with Crippen LogP contribution in [0.15, 0.2) is 29.2 Å². The zero-order chi connectivity index (χ0) is 17.0. The standard InChI is InChI=1S/C18H25NO3S/c1-13-7-5-6-8-15(13)23-16(20)14-9-11-19(12-10-14)17(21)22-18(2,3)4/h5-8,14H,9-12H2,1-4H3. The maximum absolute atomic E-state index is 12.5. The predicted octanol–water partition coefficient (Wildman–Crippen LogP) is 4.26. The number of thioether (sulfide) groups is 1. The second kappa shape index (κ2) is 7.39. The number of piperidine rings is 1. The first-order valence-electron chi connectivity index (χ1n) is 8.01. The Morgan fingerprint density at radius 3 is 2.35 bits per heavy atom. The van der Waals surface area contributed by atoms with E-state index in [2.05, 4.69) is 0 Å². The van der Waals surface area contributed by atoms with Crippen LogP contribution < -0.4 is 0 Å². The molecular weight excluding hydrogens is 310 g/mol. The van der Waals surface area contributed by atoms with E-state index < -0.39 is 5.60 Å². The van der Waals surface area contributed by atoms with Gasteiger partial charge in [0.25, 0.3) is 0 Å². The van der Waals surface area contributed by atoms with Crippen molar-refractivity contribution in [3.63, 3.8) is 0 Å². The number of ether oxygens (including phenoxy) is 1. The SMILES string of the molecule is Cc1ccccc1SC(=O)C1CCN(C(=O)OC(C)(C)C)CC1. The van der Waals surface area contributed by atoms with Crippen molar-refractivity contribution in [3.05, 3.63) is 29.8 Å². The number of carbonyl (C=O) groups is 2. The molecule has 5 heteroatoms. The van der Waals surface area contributed by atoms with Gasteiger partial charge in [0, 0.05) is 23.9 Å². The van der Waals surface area contributed by atoms with Gasteiger partial charge in [0.15, 0.2) is 5.12 Å². The van der Waals surface area contributed by atoms with E-state index >= 15 is 0 Å². The summed E-state index contributed by atoms with van der Waals surface area (Å²) in [6.07, 6.45) is 1.13. The molecule has 1 aliphatic heterocycles. The highest BCUT2D eigenvalue weighted by atomic mass is 32.2. The monoisotopic (exact) mass is 335 g/mol. The molecule has 2 rings (SSSR count). The van der Waals surface area contributed by atoms with E-state index in [1.165, 1.54) is 11.8 Å². The average molecular weight is 335 g/mol. The first-order chi connectivity index (χ1) is 10.8. The van der Waals surface area contributed by atoms with E-state index in [9.17, 15) is 9.59 Å². The zero-order valence-corrected chi connectivity index (χ0v) is 15.1. The Labute approximate surface area is 142 Å². The molecule has 4 nitrogen and oxygen atoms in total. The normalized spacial score (nSPS) is 16.3. The molecule has 0 atom stereocenters. The van der Waals surface area contributed by atoms with Crippen molar-refractivity contribution < 1.29 is 14.3 Å². The van der Waals surface area contributed by atoms with Crippen LogP contribution in [0.3, 0.4) is 0 Å². The molecule has 0 N–H and O–H groups in total. The third kappa shape index (κ3) is 5.27. The van der Waals surface area contributed by atoms with Gasteiger partial charge in [0.2, 0.25) is 0 Å². The van der Waals surface area contributed by atoms with Crippen LogP contribution in [0.2, 0.25) is 0 Å². The number of carbonyl (C=O) groups excluding carboxylic acids is 2. The molecule has 1 heterocycles. The van der Waals surface area contributed by atoms with Crippen LogP contribution in [0, 0.1) is 12.8 Å². The Morgan fingerprint density at radius 2 is 1.78 bits per heavy atom. The smallest absolute Gasteiger partial charge is 0.410 e. The highest BCUT2D eigenvalue weighted by molar-refractivity contribution is 8.13. The quantitative estimate of drug-likeness (QED) is 0.758. The Kier molecular flexibility index (Phi) is 5.74. The molecule has 1 amide bonds. The van der Waals surface area contributed by atoms with E-state index in [1.807, 2.05) is 52.0 Å². The van der Waals surface area contributed by atoms with Crippen molar-refractivity contribution in [1.29, 1.82) is 0 Å². The molecule has 0 saturated carbocycles. The minimum Gasteiger partial charge on any atom is -0.444 e. The van der Waals surface area contributed by atoms with Crippen LogP contribution >= 0.6 is 11.8 Å². The van der Waals surface area contributed by atoms with Crippen molar-refractivity contribution in [2.75, 3.05) is 13.1 Å². The largest absolute Gasteiger partial charge is 0.444 e. The van der Waals surface area contributed by atoms with E-state index in [0.29, 0.717) is 25.9 Å². The summed E-state index contributed by atoms with van der Waals surface area (Å²) >= 11 is 1.32. The molecule has 1 aromatic carbocycles. The van der Waals surface area contributed by atoms with Crippen molar-refractivity contribution in [1.82, 2.24) is 4.90 Å². The van der Waals surface area contributed by atoms with Gasteiger partial charge < -0.3 is 9.64 Å². The Hall–Kier alpha value is -1.49. The molecule has 23 heavy (non-hydrogen) atoms. The molecule has 0 spiro atoms. The molecule has 126 valence electrons. The van der Waals surface area contributed by atoms with Crippen LogP contribution in [0.1, 0.15) is 39.2 Å². The third-order valence-corrected chi connectivity index (χ3v) is 5.00. The van der Waals surface area contributed by atoms with Gasteiger partial charge in [-0.15, -0.1) is 0 Å². The van der Waals surface area contributed by atoms with Gasteiger partial charge >= 0.3 is 6.09 Å². The number of likely N-dealkylation sites (tertiary alicyclic amines) is 1. The number of hydrogen-bond donors (Lipinski definition) is 0. The third-order valence-electron chi connectivity index (χ3n) is 3.78. The number of amides is 1. The molecular formula is C18H25NO3S. The highest BCUT2D eigenvalue weighted by Gasteiger charge is 2.30. The average Bonchev–Trinajstić information content (AvgIpc) is 2.48. The van der Waals surface area contributed by atoms with Crippen LogP contribution in [0.5, 0.6) is 0 Å². The molecule has 0 bridgehead atoms. The van der Waals surface area contributed by atoms with Crippen LogP contribution in [0.4, 0.5) is 4.79 Å². The van der Waals surface area contributed by atoms with E-state index in [4.69, 9.17) is 4.74 Å². The summed E-state index contributed by atoms with van der Waals surface area (Å²) < 4.78 is 5.38. The predicted molar refractivity (Wildman–Crippen MR) is 92.6 cm³/mol. The summed E-state index contributed by atoms with van der Waals surface area (Å²) in [5.41, 5.74) is 0.641. The summed E-state index contributed by atoms with van der Waals surface area (Å²) in [5.74, 6) is 0.0123. The summed E-state index contributed by atoms with van der Waals surface area (Å²) in [7, 11) is 0. The molecule has 1 saturated heterocycles. The van der Waals surface area contributed by atoms with Gasteiger partial charge in [-0.1, -0.05) is 30.0 Å². The summed E-state index contributed by atoms with van der Waals surface area (Å²) in [6.45, 7) is 8.76. The number of benzene rings is 1. The lowest BCUT2D eigenvalue weighted by Crippen LogP contribution is -2.42. The van der Waals surface area contributed by atoms with Gasteiger partial charge in [-0.2, -0.15) is 0 Å². The fraction of sp³-hybridized carbons (Fsp3) is 0.556. The highest BCUT2D eigenvalue weighted by Crippen LogP contribution is 2.30. The van der Waals surface area contributed by atoms with Crippen molar-refractivity contribution >= 4 is 23.0 Å². The second-order valence-corrected chi connectivity index (χ2v) is 7.97. The fourth-order valence-corrected chi connectivity index (χ4v) is 3.48. The van der Waals surface area contributed by atoms with E-state index in [1.54, 1.807) is 4.90 Å². The maximum Gasteiger partial charge on any atom is 0.410 e. The first-order valence-corrected chi connectivity index (χ1v) is 8.83. The number of aryl methyl sites for hydroxylation is 1. The molecule has 0 aromatic heterocycles. The lowest BCUT2D eigenvalue weighted by atomic mass is 9.99. The Morgan fingerprint density at radius 1 is 1.17 bits per heavy atom. The van der Waals surface area contributed by atoms with Crippen LogP contribution in [0.25, 0.3) is 0 Å². The molecule has 0 unspecified atom stereocenters. The molecule has 1 fully saturated rings. The Bertz CT molecular complexity index is 572. The number of rotatable bonds is 2. The van der Waals surface area contributed by atoms with Gasteiger partial charge in [0.1, 0.15) is 5.60 Å². The van der Waals surface area contributed by atoms with Crippen LogP contribution in [-0.4, -0.2) is 34.8 Å². The van der Waals surface area contributed by atoms with E-state index in [-0.39, 0.29) is 17.1 Å². The van der Waals surface area contributed by atoms with Crippen molar-refractivity contribution in [2.45, 2.75) is 51.0 Å². The summed E-state index contributed by atoms with van der Waals surface area (Å²) in [6, 6.07) is 7.92. The summed E-state index contributed by atoms with van der Waals surface area (Å²) in [5, 5.41) is 0.197. The Balaban J connectivity index is 1.85. The lowest BCUT2D eigenvalue weighted by Gasteiger charge is -2.32. The minimum absolute atomic E-state index is 0.0123. The first kappa shape index (κ1) is 17.9. The zero-order valence-electron chi connectivity index (χ0n) is 14.3. The van der Waals surface area contributed by atoms with Crippen molar-refractivity contribution in [3.8, 4) is 0 Å². The van der Waals surface area contributed by atoms with Crippen molar-refractivity contribution in [2.24, 2.45) is 5.92 Å². The molecule has 1 aromatic rings. The topological polar surface area (TPSA) is 46.6 Å². The minimum atomic E-state index is -0.482. The fourth-order valence-electron chi connectivity index (χ4n) is 2.49. The second-order valence-electron chi connectivity index (χ2n) is 6.93.